The van der Waals surface area contributed by atoms with Crippen molar-refractivity contribution in [3.8, 4) is 17.0 Å². The van der Waals surface area contributed by atoms with Gasteiger partial charge in [0.05, 0.1) is 35.9 Å². The molecule has 0 bridgehead atoms. The Labute approximate surface area is 203 Å². The number of ether oxygens (including phenoxy) is 1. The van der Waals surface area contributed by atoms with E-state index in [1.54, 1.807) is 44.4 Å². The molecule has 0 aliphatic heterocycles. The molecule has 0 aliphatic carbocycles. The Morgan fingerprint density at radius 3 is 2.43 bits per heavy atom. The third-order valence-corrected chi connectivity index (χ3v) is 5.86. The first-order valence-electron chi connectivity index (χ1n) is 10.7. The summed E-state index contributed by atoms with van der Waals surface area (Å²) in [6.07, 6.45) is 1.09. The maximum atomic E-state index is 13.2. The van der Waals surface area contributed by atoms with Crippen LogP contribution in [0.3, 0.4) is 0 Å². The van der Waals surface area contributed by atoms with E-state index in [1.807, 2.05) is 48.5 Å². The van der Waals surface area contributed by atoms with Crippen LogP contribution in [0.15, 0.2) is 84.0 Å². The number of anilines is 1. The van der Waals surface area contributed by atoms with Crippen molar-refractivity contribution < 1.29 is 17.9 Å². The van der Waals surface area contributed by atoms with E-state index in [2.05, 4.69) is 15.2 Å². The number of sulfonamides is 1. The monoisotopic (exact) mass is 488 g/mol. The molecule has 1 heterocycles. The van der Waals surface area contributed by atoms with Gasteiger partial charge in [0.25, 0.3) is 5.91 Å². The van der Waals surface area contributed by atoms with Crippen LogP contribution >= 0.6 is 0 Å². The van der Waals surface area contributed by atoms with Gasteiger partial charge in [0, 0.05) is 16.6 Å². The van der Waals surface area contributed by atoms with Gasteiger partial charge in [-0.15, -0.1) is 0 Å². The highest BCUT2D eigenvalue weighted by Gasteiger charge is 2.14. The third kappa shape index (κ3) is 5.82. The topological polar surface area (TPSA) is 110 Å². The van der Waals surface area contributed by atoms with Gasteiger partial charge in [0.1, 0.15) is 5.75 Å². The van der Waals surface area contributed by atoms with E-state index < -0.39 is 10.0 Å². The molecule has 4 rings (SSSR count). The maximum absolute atomic E-state index is 13.2. The number of hydrazone groups is 1. The van der Waals surface area contributed by atoms with Gasteiger partial charge in [-0.2, -0.15) is 5.10 Å². The number of amides is 1. The first kappa shape index (κ1) is 23.9. The minimum Gasteiger partial charge on any atom is -0.497 e. The van der Waals surface area contributed by atoms with Crippen molar-refractivity contribution in [1.29, 1.82) is 0 Å². The predicted octanol–water partition coefficient (Wildman–Crippen LogP) is 4.44. The molecule has 178 valence electrons. The van der Waals surface area contributed by atoms with Crippen molar-refractivity contribution in [3.05, 3.63) is 90.0 Å². The van der Waals surface area contributed by atoms with Gasteiger partial charge in [-0.3, -0.25) is 9.52 Å². The largest absolute Gasteiger partial charge is 0.497 e. The summed E-state index contributed by atoms with van der Waals surface area (Å²) in [5.41, 5.74) is 6.97. The number of carbonyl (C=O) groups excluding carboxylic acids is 1. The highest BCUT2D eigenvalue weighted by Crippen LogP contribution is 2.27. The molecule has 3 aromatic carbocycles. The van der Waals surface area contributed by atoms with Crippen molar-refractivity contribution >= 4 is 38.2 Å². The smallest absolute Gasteiger partial charge is 0.272 e. The molecule has 0 spiro atoms. The molecule has 1 amide bonds. The fourth-order valence-corrected chi connectivity index (χ4v) is 4.11. The zero-order valence-corrected chi connectivity index (χ0v) is 20.3. The summed E-state index contributed by atoms with van der Waals surface area (Å²) in [5.74, 6) is 0.323. The highest BCUT2D eigenvalue weighted by molar-refractivity contribution is 7.92. The molecule has 4 aromatic rings. The average molecular weight is 489 g/mol. The number of para-hydroxylation sites is 1. The lowest BCUT2D eigenvalue weighted by Crippen LogP contribution is -2.20. The number of nitrogens with zero attached hydrogens (tertiary/aromatic N) is 2. The van der Waals surface area contributed by atoms with Crippen LogP contribution in [-0.4, -0.2) is 38.4 Å². The lowest BCUT2D eigenvalue weighted by atomic mass is 10.0. The maximum Gasteiger partial charge on any atom is 0.272 e. The Kier molecular flexibility index (Phi) is 6.79. The molecule has 9 heteroatoms. The highest BCUT2D eigenvalue weighted by atomic mass is 32.2. The fourth-order valence-electron chi connectivity index (χ4n) is 3.55. The number of benzene rings is 3. The van der Waals surface area contributed by atoms with Gasteiger partial charge in [0.15, 0.2) is 0 Å². The number of nitrogens with one attached hydrogen (secondary N) is 2. The number of rotatable bonds is 7. The standard InChI is InChI=1S/C26H24N4O4S/c1-17(18-11-13-20(14-12-18)30-35(3,32)33)28-29-26(31)23-16-25(19-7-6-8-21(15-19)34-2)27-24-10-5-4-9-22(23)24/h4-16,30H,1-3H3,(H,29,31). The lowest BCUT2D eigenvalue weighted by Gasteiger charge is -2.10. The first-order chi connectivity index (χ1) is 16.7. The molecule has 0 aliphatic rings. The van der Waals surface area contributed by atoms with Crippen LogP contribution in [0.25, 0.3) is 22.2 Å². The molecule has 0 atom stereocenters. The number of carbonyl (C=O) groups is 1. The minimum absolute atomic E-state index is 0.373. The Morgan fingerprint density at radius 1 is 0.971 bits per heavy atom. The second-order valence-electron chi connectivity index (χ2n) is 7.89. The predicted molar refractivity (Wildman–Crippen MR) is 138 cm³/mol. The average Bonchev–Trinajstić information content (AvgIpc) is 2.86. The second-order valence-corrected chi connectivity index (χ2v) is 9.64. The summed E-state index contributed by atoms with van der Waals surface area (Å²) in [4.78, 5) is 17.9. The van der Waals surface area contributed by atoms with Crippen molar-refractivity contribution in [3.63, 3.8) is 0 Å². The zero-order valence-electron chi connectivity index (χ0n) is 19.4. The van der Waals surface area contributed by atoms with Crippen LogP contribution in [0.5, 0.6) is 5.75 Å². The van der Waals surface area contributed by atoms with Gasteiger partial charge in [0.2, 0.25) is 10.0 Å². The lowest BCUT2D eigenvalue weighted by molar-refractivity contribution is 0.0956. The van der Waals surface area contributed by atoms with Crippen LogP contribution in [0.1, 0.15) is 22.8 Å². The molecule has 35 heavy (non-hydrogen) atoms. The van der Waals surface area contributed by atoms with E-state index in [0.29, 0.717) is 39.3 Å². The van der Waals surface area contributed by atoms with Gasteiger partial charge < -0.3 is 4.74 Å². The summed E-state index contributed by atoms with van der Waals surface area (Å²) in [7, 11) is -1.76. The van der Waals surface area contributed by atoms with Crippen molar-refractivity contribution in [2.24, 2.45) is 5.10 Å². The van der Waals surface area contributed by atoms with E-state index in [9.17, 15) is 13.2 Å². The number of aromatic nitrogens is 1. The van der Waals surface area contributed by atoms with Crippen molar-refractivity contribution in [2.75, 3.05) is 18.1 Å². The van der Waals surface area contributed by atoms with Crippen molar-refractivity contribution in [2.45, 2.75) is 6.92 Å². The Hall–Kier alpha value is -4.24. The molecule has 1 aromatic heterocycles. The zero-order chi connectivity index (χ0) is 25.0. The van der Waals surface area contributed by atoms with E-state index in [1.165, 1.54) is 0 Å². The van der Waals surface area contributed by atoms with E-state index in [-0.39, 0.29) is 5.91 Å². The van der Waals surface area contributed by atoms with Crippen LogP contribution < -0.4 is 14.9 Å². The normalized spacial score (nSPS) is 11.8. The summed E-state index contributed by atoms with van der Waals surface area (Å²) in [6, 6.07) is 23.4. The Bertz CT molecular complexity index is 1530. The van der Waals surface area contributed by atoms with E-state index in [4.69, 9.17) is 9.72 Å². The first-order valence-corrected chi connectivity index (χ1v) is 12.6. The van der Waals surface area contributed by atoms with Gasteiger partial charge >= 0.3 is 0 Å². The number of hydrogen-bond donors (Lipinski definition) is 2. The number of methoxy groups -OCH3 is 1. The second kappa shape index (κ2) is 9.94. The molecule has 0 unspecified atom stereocenters. The molecule has 8 nitrogen and oxygen atoms in total. The van der Waals surface area contributed by atoms with Gasteiger partial charge in [-0.05, 0) is 48.9 Å². The van der Waals surface area contributed by atoms with Crippen LogP contribution in [0.4, 0.5) is 5.69 Å². The van der Waals surface area contributed by atoms with E-state index in [0.717, 1.165) is 17.4 Å². The molecule has 0 radical (unpaired) electrons. The molecule has 2 N–H and O–H groups in total. The van der Waals surface area contributed by atoms with Crippen LogP contribution in [0.2, 0.25) is 0 Å². The molecule has 0 saturated heterocycles. The molecular weight excluding hydrogens is 464 g/mol. The summed E-state index contributed by atoms with van der Waals surface area (Å²) < 4.78 is 30.5. The quantitative estimate of drug-likeness (QED) is 0.295. The SMILES string of the molecule is COc1cccc(-c2cc(C(=O)NN=C(C)c3ccc(NS(C)(=O)=O)cc3)c3ccccc3n2)c1. The van der Waals surface area contributed by atoms with Gasteiger partial charge in [-0.1, -0.05) is 42.5 Å². The number of fused-ring (bicyclic) bond motifs is 1. The van der Waals surface area contributed by atoms with Crippen molar-refractivity contribution in [1.82, 2.24) is 10.4 Å². The minimum atomic E-state index is -3.36. The Morgan fingerprint density at radius 2 is 1.71 bits per heavy atom. The molecule has 0 fully saturated rings. The molecule has 0 saturated carbocycles. The Balaban J connectivity index is 1.62. The van der Waals surface area contributed by atoms with Crippen LogP contribution in [-0.2, 0) is 10.0 Å². The summed E-state index contributed by atoms with van der Waals surface area (Å²) in [5, 5.41) is 4.96. The summed E-state index contributed by atoms with van der Waals surface area (Å²) >= 11 is 0. The van der Waals surface area contributed by atoms with E-state index >= 15 is 0 Å². The van der Waals surface area contributed by atoms with Gasteiger partial charge in [-0.25, -0.2) is 18.8 Å². The van der Waals surface area contributed by atoms with Crippen LogP contribution in [0, 0.1) is 0 Å². The summed E-state index contributed by atoms with van der Waals surface area (Å²) in [6.45, 7) is 1.76. The number of pyridine rings is 1. The number of hydrogen-bond acceptors (Lipinski definition) is 6. The third-order valence-electron chi connectivity index (χ3n) is 5.26. The molecular formula is C26H24N4O4S. The fraction of sp³-hybridized carbons (Fsp3) is 0.115.